The molecule has 6 nitrogen and oxygen atoms in total. The summed E-state index contributed by atoms with van der Waals surface area (Å²) in [4.78, 5) is 17.0. The largest absolute Gasteiger partial charge is 0.397 e. The molecule has 0 radical (unpaired) electrons. The van der Waals surface area contributed by atoms with Crippen molar-refractivity contribution in [2.45, 2.75) is 0 Å². The lowest BCUT2D eigenvalue weighted by atomic mass is 10.1. The predicted octanol–water partition coefficient (Wildman–Crippen LogP) is 8.47. The van der Waals surface area contributed by atoms with Crippen LogP contribution in [0.4, 0.5) is 11.4 Å². The van der Waals surface area contributed by atoms with E-state index in [2.05, 4.69) is 28.2 Å². The zero-order valence-corrected chi connectivity index (χ0v) is 20.3. The number of halogens is 2. The van der Waals surface area contributed by atoms with Crippen molar-refractivity contribution in [3.8, 4) is 22.5 Å². The zero-order chi connectivity index (χ0) is 25.2. The summed E-state index contributed by atoms with van der Waals surface area (Å²) >= 11 is 11.9. The van der Waals surface area contributed by atoms with Gasteiger partial charge >= 0.3 is 0 Å². The molecule has 0 aliphatic rings. The first-order chi connectivity index (χ1) is 17.4. The minimum Gasteiger partial charge on any atom is -0.397 e. The van der Waals surface area contributed by atoms with Gasteiger partial charge in [-0.25, -0.2) is 0 Å². The summed E-state index contributed by atoms with van der Waals surface area (Å²) < 4.78 is 0. The molecule has 0 bridgehead atoms. The number of nitrogen functional groups attached to an aromatic ring is 1. The molecule has 6 aromatic rings. The molecule has 4 aromatic carbocycles. The van der Waals surface area contributed by atoms with Gasteiger partial charge in [0.2, 0.25) is 0 Å². The van der Waals surface area contributed by atoms with E-state index in [4.69, 9.17) is 28.9 Å². The van der Waals surface area contributed by atoms with Crippen molar-refractivity contribution < 1.29 is 4.92 Å². The number of nitrogens with one attached hydrogen (secondary N) is 2. The number of nitro groups is 1. The molecule has 0 amide bonds. The van der Waals surface area contributed by atoms with Crippen LogP contribution in [0.3, 0.4) is 0 Å². The summed E-state index contributed by atoms with van der Waals surface area (Å²) in [6.07, 6.45) is 0. The van der Waals surface area contributed by atoms with Crippen molar-refractivity contribution in [1.29, 1.82) is 0 Å². The first-order valence-electron chi connectivity index (χ1n) is 11.0. The van der Waals surface area contributed by atoms with Crippen molar-refractivity contribution in [2.24, 2.45) is 0 Å². The van der Waals surface area contributed by atoms with E-state index in [1.165, 1.54) is 6.07 Å². The number of aromatic nitrogens is 2. The van der Waals surface area contributed by atoms with E-state index in [0.29, 0.717) is 21.2 Å². The molecule has 6 rings (SSSR count). The van der Waals surface area contributed by atoms with Gasteiger partial charge in [0.1, 0.15) is 5.52 Å². The predicted molar refractivity (Wildman–Crippen MR) is 149 cm³/mol. The maximum absolute atomic E-state index is 11.0. The third-order valence-corrected chi connectivity index (χ3v) is 6.20. The fraction of sp³-hybridized carbons (Fsp3) is 0. The van der Waals surface area contributed by atoms with Gasteiger partial charge in [-0.2, -0.15) is 0 Å². The number of non-ortho nitro benzene ring substituents is 1. The van der Waals surface area contributed by atoms with Gasteiger partial charge < -0.3 is 15.7 Å². The SMILES string of the molecule is Nc1cc(Cl)cc2cc(-c3ccccc3)[nH]c12.O=[N+]([O-])c1cc(Cl)cc2cc(-c3ccccc3)[nH]c12. The molecule has 2 aromatic heterocycles. The Kier molecular flexibility index (Phi) is 6.38. The Morgan fingerprint density at radius 3 is 1.67 bits per heavy atom. The summed E-state index contributed by atoms with van der Waals surface area (Å²) in [5, 5.41) is 13.8. The fourth-order valence-corrected chi connectivity index (χ4v) is 4.57. The number of nitrogens with zero attached hydrogens (tertiary/aromatic N) is 1. The second-order valence-electron chi connectivity index (χ2n) is 8.20. The first kappa shape index (κ1) is 23.5. The number of fused-ring (bicyclic) bond motifs is 2. The molecule has 178 valence electrons. The Labute approximate surface area is 216 Å². The maximum Gasteiger partial charge on any atom is 0.294 e. The minimum absolute atomic E-state index is 0.00955. The summed E-state index contributed by atoms with van der Waals surface area (Å²) in [5.74, 6) is 0. The lowest BCUT2D eigenvalue weighted by Crippen LogP contribution is -1.89. The van der Waals surface area contributed by atoms with E-state index in [-0.39, 0.29) is 5.69 Å². The van der Waals surface area contributed by atoms with Crippen LogP contribution in [-0.2, 0) is 0 Å². The Morgan fingerprint density at radius 1 is 0.667 bits per heavy atom. The van der Waals surface area contributed by atoms with Crippen LogP contribution in [0.5, 0.6) is 0 Å². The lowest BCUT2D eigenvalue weighted by Gasteiger charge is -1.97. The number of anilines is 1. The molecule has 0 unspecified atom stereocenters. The molecule has 0 spiro atoms. The van der Waals surface area contributed by atoms with Crippen molar-refractivity contribution in [2.75, 3.05) is 5.73 Å². The lowest BCUT2D eigenvalue weighted by molar-refractivity contribution is -0.383. The van der Waals surface area contributed by atoms with Crippen LogP contribution in [0.1, 0.15) is 0 Å². The third-order valence-electron chi connectivity index (χ3n) is 5.76. The number of H-pyrrole nitrogens is 2. The van der Waals surface area contributed by atoms with Gasteiger partial charge in [-0.3, -0.25) is 10.1 Å². The van der Waals surface area contributed by atoms with Gasteiger partial charge in [0, 0.05) is 38.3 Å². The van der Waals surface area contributed by atoms with Gasteiger partial charge in [-0.05, 0) is 41.5 Å². The van der Waals surface area contributed by atoms with Crippen LogP contribution in [0.15, 0.2) is 97.1 Å². The second-order valence-corrected chi connectivity index (χ2v) is 9.08. The van der Waals surface area contributed by atoms with Crippen LogP contribution in [0.2, 0.25) is 10.0 Å². The average Bonchev–Trinajstić information content (AvgIpc) is 3.50. The highest BCUT2D eigenvalue weighted by molar-refractivity contribution is 6.32. The quantitative estimate of drug-likeness (QED) is 0.125. The third kappa shape index (κ3) is 4.77. The molecule has 0 atom stereocenters. The smallest absolute Gasteiger partial charge is 0.294 e. The van der Waals surface area contributed by atoms with E-state index in [1.54, 1.807) is 12.1 Å². The van der Waals surface area contributed by atoms with E-state index in [0.717, 1.165) is 38.8 Å². The number of aromatic amines is 2. The molecular weight excluding hydrogens is 495 g/mol. The highest BCUT2D eigenvalue weighted by Crippen LogP contribution is 2.33. The molecule has 0 aliphatic heterocycles. The van der Waals surface area contributed by atoms with Crippen LogP contribution in [-0.4, -0.2) is 14.9 Å². The highest BCUT2D eigenvalue weighted by Gasteiger charge is 2.16. The molecule has 36 heavy (non-hydrogen) atoms. The summed E-state index contributed by atoms with van der Waals surface area (Å²) in [5.41, 5.74) is 12.0. The molecule has 4 N–H and O–H groups in total. The standard InChI is InChI=1S/C14H9ClN2O2.C14H11ClN2/c15-11-6-10-7-12(9-4-2-1-3-5-9)16-14(10)13(8-11)17(18)19;15-11-6-10-7-13(9-4-2-1-3-5-9)17-14(10)12(16)8-11/h1-8,16H;1-8,17H,16H2. The minimum atomic E-state index is -0.431. The number of nitro benzene ring substituents is 1. The van der Waals surface area contributed by atoms with Crippen molar-refractivity contribution in [3.05, 3.63) is 117 Å². The van der Waals surface area contributed by atoms with Gasteiger partial charge in [0.15, 0.2) is 0 Å². The van der Waals surface area contributed by atoms with E-state index >= 15 is 0 Å². The van der Waals surface area contributed by atoms with Crippen molar-refractivity contribution >= 4 is 56.4 Å². The molecular formula is C28H20Cl2N4O2. The number of rotatable bonds is 3. The number of nitrogens with two attached hydrogens (primary N) is 1. The van der Waals surface area contributed by atoms with E-state index in [1.807, 2.05) is 60.7 Å². The zero-order valence-electron chi connectivity index (χ0n) is 18.8. The Balaban J connectivity index is 0.000000149. The topological polar surface area (TPSA) is 101 Å². The van der Waals surface area contributed by atoms with Gasteiger partial charge in [0.05, 0.1) is 16.1 Å². The average molecular weight is 515 g/mol. The fourth-order valence-electron chi connectivity index (χ4n) is 4.11. The molecule has 0 aliphatic carbocycles. The molecule has 0 saturated carbocycles. The van der Waals surface area contributed by atoms with Crippen LogP contribution < -0.4 is 5.73 Å². The monoisotopic (exact) mass is 514 g/mol. The Morgan fingerprint density at radius 2 is 1.14 bits per heavy atom. The normalized spacial score (nSPS) is 10.8. The second kappa shape index (κ2) is 9.77. The Bertz CT molecular complexity index is 1690. The number of benzene rings is 4. The summed E-state index contributed by atoms with van der Waals surface area (Å²) in [6, 6.07) is 30.5. The molecule has 0 saturated heterocycles. The maximum atomic E-state index is 11.0. The first-order valence-corrected chi connectivity index (χ1v) is 11.8. The number of hydrogen-bond acceptors (Lipinski definition) is 3. The Hall–Kier alpha value is -4.26. The highest BCUT2D eigenvalue weighted by atomic mass is 35.5. The van der Waals surface area contributed by atoms with Crippen LogP contribution >= 0.6 is 23.2 Å². The van der Waals surface area contributed by atoms with E-state index < -0.39 is 4.92 Å². The van der Waals surface area contributed by atoms with Gasteiger partial charge in [-0.15, -0.1) is 0 Å². The summed E-state index contributed by atoms with van der Waals surface area (Å²) in [7, 11) is 0. The van der Waals surface area contributed by atoms with Gasteiger partial charge in [0.25, 0.3) is 5.69 Å². The van der Waals surface area contributed by atoms with Gasteiger partial charge in [-0.1, -0.05) is 83.9 Å². The molecule has 8 heteroatoms. The molecule has 0 fully saturated rings. The van der Waals surface area contributed by atoms with Crippen molar-refractivity contribution in [3.63, 3.8) is 0 Å². The van der Waals surface area contributed by atoms with Crippen LogP contribution in [0, 0.1) is 10.1 Å². The molecule has 2 heterocycles. The van der Waals surface area contributed by atoms with Crippen molar-refractivity contribution in [1.82, 2.24) is 9.97 Å². The van der Waals surface area contributed by atoms with Crippen LogP contribution in [0.25, 0.3) is 44.3 Å². The van der Waals surface area contributed by atoms with E-state index in [9.17, 15) is 10.1 Å². The number of hydrogen-bond donors (Lipinski definition) is 3. The summed E-state index contributed by atoms with van der Waals surface area (Å²) in [6.45, 7) is 0.